The fraction of sp³-hybridized carbons (Fsp3) is 0.500. The van der Waals surface area contributed by atoms with Gasteiger partial charge in [-0.2, -0.15) is 11.8 Å². The molecule has 0 heterocycles. The fourth-order valence-corrected chi connectivity index (χ4v) is 2.71. The molecule has 0 aliphatic heterocycles. The van der Waals surface area contributed by atoms with E-state index in [1.807, 2.05) is 11.8 Å². The summed E-state index contributed by atoms with van der Waals surface area (Å²) in [4.78, 5) is 0. The molecule has 0 spiro atoms. The maximum absolute atomic E-state index is 3.52. The highest BCUT2D eigenvalue weighted by Crippen LogP contribution is 2.14. The zero-order chi connectivity index (χ0) is 11.1. The van der Waals surface area contributed by atoms with Gasteiger partial charge in [-0.05, 0) is 36.9 Å². The Bertz CT molecular complexity index is 285. The van der Waals surface area contributed by atoms with Crippen molar-refractivity contribution < 1.29 is 0 Å². The first-order valence-electron chi connectivity index (χ1n) is 5.23. The van der Waals surface area contributed by atoms with E-state index in [2.05, 4.69) is 58.7 Å². The third kappa shape index (κ3) is 5.05. The molecule has 0 saturated carbocycles. The lowest BCUT2D eigenvalue weighted by molar-refractivity contribution is 0.573. The molecule has 1 nitrogen and oxygen atoms in total. The first kappa shape index (κ1) is 13.1. The zero-order valence-corrected chi connectivity index (χ0v) is 11.7. The highest BCUT2D eigenvalue weighted by molar-refractivity contribution is 9.10. The average Bonchev–Trinajstić information content (AvgIpc) is 2.18. The van der Waals surface area contributed by atoms with Crippen molar-refractivity contribution in [1.29, 1.82) is 0 Å². The van der Waals surface area contributed by atoms with E-state index < -0.39 is 0 Å². The first-order valence-corrected chi connectivity index (χ1v) is 7.41. The van der Waals surface area contributed by atoms with Crippen molar-refractivity contribution >= 4 is 27.7 Å². The van der Waals surface area contributed by atoms with Crippen LogP contribution in [0.5, 0.6) is 0 Å². The lowest BCUT2D eigenvalue weighted by Crippen LogP contribution is -2.33. The highest BCUT2D eigenvalue weighted by atomic mass is 79.9. The van der Waals surface area contributed by atoms with Crippen LogP contribution in [0.15, 0.2) is 28.7 Å². The molecule has 1 unspecified atom stereocenters. The minimum absolute atomic E-state index is 0.583. The van der Waals surface area contributed by atoms with Gasteiger partial charge in [0.1, 0.15) is 0 Å². The van der Waals surface area contributed by atoms with Crippen LogP contribution in [0.2, 0.25) is 0 Å². The van der Waals surface area contributed by atoms with Crippen molar-refractivity contribution in [2.45, 2.75) is 19.4 Å². The topological polar surface area (TPSA) is 12.0 Å². The van der Waals surface area contributed by atoms with E-state index in [1.165, 1.54) is 15.8 Å². The summed E-state index contributed by atoms with van der Waals surface area (Å²) in [6.07, 6.45) is 3.26. The molecule has 0 aromatic heterocycles. The Kier molecular flexibility index (Phi) is 6.37. The van der Waals surface area contributed by atoms with E-state index in [9.17, 15) is 0 Å². The standard InChI is InChI=1S/C12H18BrNS/c1-3-14-12(9-15-2)8-10-5-4-6-11(13)7-10/h4-7,12,14H,3,8-9H2,1-2H3. The van der Waals surface area contributed by atoms with Crippen LogP contribution >= 0.6 is 27.7 Å². The van der Waals surface area contributed by atoms with E-state index >= 15 is 0 Å². The molecule has 1 rings (SSSR count). The van der Waals surface area contributed by atoms with Crippen molar-refractivity contribution in [2.75, 3.05) is 18.6 Å². The molecule has 0 aliphatic rings. The van der Waals surface area contributed by atoms with Gasteiger partial charge in [-0.15, -0.1) is 0 Å². The van der Waals surface area contributed by atoms with Crippen LogP contribution in [0.4, 0.5) is 0 Å². The average molecular weight is 288 g/mol. The number of thioether (sulfide) groups is 1. The van der Waals surface area contributed by atoms with Crippen molar-refractivity contribution in [1.82, 2.24) is 5.32 Å². The number of hydrogen-bond donors (Lipinski definition) is 1. The summed E-state index contributed by atoms with van der Waals surface area (Å²) in [5.74, 6) is 1.17. The number of benzene rings is 1. The van der Waals surface area contributed by atoms with E-state index in [4.69, 9.17) is 0 Å². The van der Waals surface area contributed by atoms with Gasteiger partial charge in [0.05, 0.1) is 0 Å². The van der Waals surface area contributed by atoms with Gasteiger partial charge >= 0.3 is 0 Å². The molecular weight excluding hydrogens is 270 g/mol. The smallest absolute Gasteiger partial charge is 0.0198 e. The van der Waals surface area contributed by atoms with E-state index in [-0.39, 0.29) is 0 Å². The molecule has 84 valence electrons. The molecule has 3 heteroatoms. The number of hydrogen-bond acceptors (Lipinski definition) is 2. The third-order valence-corrected chi connectivity index (χ3v) is 3.46. The molecule has 15 heavy (non-hydrogen) atoms. The predicted molar refractivity (Wildman–Crippen MR) is 73.7 cm³/mol. The van der Waals surface area contributed by atoms with Crippen LogP contribution in [-0.2, 0) is 6.42 Å². The predicted octanol–water partition coefficient (Wildman–Crippen LogP) is 3.33. The maximum Gasteiger partial charge on any atom is 0.0198 e. The SMILES string of the molecule is CCNC(CSC)Cc1cccc(Br)c1. The van der Waals surface area contributed by atoms with Crippen molar-refractivity contribution in [3.8, 4) is 0 Å². The number of rotatable bonds is 6. The monoisotopic (exact) mass is 287 g/mol. The summed E-state index contributed by atoms with van der Waals surface area (Å²) in [5, 5.41) is 3.52. The maximum atomic E-state index is 3.52. The fourth-order valence-electron chi connectivity index (χ4n) is 1.63. The summed E-state index contributed by atoms with van der Waals surface area (Å²) in [6, 6.07) is 9.14. The van der Waals surface area contributed by atoms with Crippen LogP contribution in [0.3, 0.4) is 0 Å². The van der Waals surface area contributed by atoms with Gasteiger partial charge in [0.25, 0.3) is 0 Å². The Morgan fingerprint density at radius 1 is 1.47 bits per heavy atom. The lowest BCUT2D eigenvalue weighted by Gasteiger charge is -2.16. The Morgan fingerprint density at radius 3 is 2.87 bits per heavy atom. The molecule has 0 fully saturated rings. The van der Waals surface area contributed by atoms with Gasteiger partial charge in [-0.1, -0.05) is 35.0 Å². The molecule has 0 bridgehead atoms. The van der Waals surface area contributed by atoms with E-state index in [0.29, 0.717) is 6.04 Å². The normalized spacial score (nSPS) is 12.7. The highest BCUT2D eigenvalue weighted by Gasteiger charge is 2.07. The molecule has 0 radical (unpaired) electrons. The molecule has 1 atom stereocenters. The summed E-state index contributed by atoms with van der Waals surface area (Å²) >= 11 is 5.40. The van der Waals surface area contributed by atoms with Crippen molar-refractivity contribution in [3.05, 3.63) is 34.3 Å². The minimum atomic E-state index is 0.583. The van der Waals surface area contributed by atoms with Gasteiger partial charge in [-0.3, -0.25) is 0 Å². The van der Waals surface area contributed by atoms with Crippen LogP contribution in [-0.4, -0.2) is 24.6 Å². The molecule has 0 aliphatic carbocycles. The first-order chi connectivity index (χ1) is 7.26. The van der Waals surface area contributed by atoms with Gasteiger partial charge in [-0.25, -0.2) is 0 Å². The van der Waals surface area contributed by atoms with Gasteiger partial charge in [0.2, 0.25) is 0 Å². The zero-order valence-electron chi connectivity index (χ0n) is 9.29. The van der Waals surface area contributed by atoms with Crippen LogP contribution in [0.1, 0.15) is 12.5 Å². The van der Waals surface area contributed by atoms with E-state index in [1.54, 1.807) is 0 Å². The van der Waals surface area contributed by atoms with Crippen LogP contribution in [0.25, 0.3) is 0 Å². The summed E-state index contributed by atoms with van der Waals surface area (Å²) in [6.45, 7) is 3.20. The number of likely N-dealkylation sites (N-methyl/N-ethyl adjacent to an activating group) is 1. The third-order valence-electron chi connectivity index (χ3n) is 2.23. The Morgan fingerprint density at radius 2 is 2.27 bits per heavy atom. The quantitative estimate of drug-likeness (QED) is 0.861. The van der Waals surface area contributed by atoms with Crippen molar-refractivity contribution in [2.24, 2.45) is 0 Å². The number of halogens is 1. The second kappa shape index (κ2) is 7.31. The molecule has 1 aromatic carbocycles. The largest absolute Gasteiger partial charge is 0.313 e. The van der Waals surface area contributed by atoms with Crippen molar-refractivity contribution in [3.63, 3.8) is 0 Å². The molecule has 0 saturated heterocycles. The lowest BCUT2D eigenvalue weighted by atomic mass is 10.1. The molecule has 1 aromatic rings. The van der Waals surface area contributed by atoms with Crippen LogP contribution in [0, 0.1) is 0 Å². The van der Waals surface area contributed by atoms with Gasteiger partial charge < -0.3 is 5.32 Å². The van der Waals surface area contributed by atoms with Gasteiger partial charge in [0.15, 0.2) is 0 Å². The van der Waals surface area contributed by atoms with E-state index in [0.717, 1.165) is 13.0 Å². The van der Waals surface area contributed by atoms with Crippen LogP contribution < -0.4 is 5.32 Å². The Hall–Kier alpha value is 0.01000. The molecule has 1 N–H and O–H groups in total. The molecular formula is C12H18BrNS. The Balaban J connectivity index is 2.56. The Labute approximate surface area is 105 Å². The molecule has 0 amide bonds. The second-order valence-corrected chi connectivity index (χ2v) is 5.37. The summed E-state index contributed by atoms with van der Waals surface area (Å²) < 4.78 is 1.17. The minimum Gasteiger partial charge on any atom is -0.313 e. The second-order valence-electron chi connectivity index (χ2n) is 3.54. The number of nitrogens with one attached hydrogen (secondary N) is 1. The summed E-state index contributed by atoms with van der Waals surface area (Å²) in [7, 11) is 0. The summed E-state index contributed by atoms with van der Waals surface area (Å²) in [5.41, 5.74) is 1.39. The van der Waals surface area contributed by atoms with Gasteiger partial charge in [0, 0.05) is 16.3 Å².